The average molecular weight is 377 g/mol. The topological polar surface area (TPSA) is 59.6 Å². The quantitative estimate of drug-likeness (QED) is 0.612. The van der Waals surface area contributed by atoms with E-state index < -0.39 is 0 Å². The third-order valence-electron chi connectivity index (χ3n) is 3.17. The summed E-state index contributed by atoms with van der Waals surface area (Å²) in [5, 5.41) is 6.29. The summed E-state index contributed by atoms with van der Waals surface area (Å²) in [7, 11) is 3.12. The number of nitrogens with one attached hydrogen (secondary N) is 2. The van der Waals surface area contributed by atoms with Crippen molar-refractivity contribution in [2.24, 2.45) is 0 Å². The van der Waals surface area contributed by atoms with E-state index in [0.717, 1.165) is 11.3 Å². The molecule has 2 N–H and O–H groups in total. The van der Waals surface area contributed by atoms with Crippen molar-refractivity contribution in [2.75, 3.05) is 19.5 Å². The predicted molar refractivity (Wildman–Crippen MR) is 104 cm³/mol. The molecule has 0 saturated heterocycles. The Morgan fingerprint density at radius 3 is 2.40 bits per heavy atom. The molecule has 1 amide bonds. The van der Waals surface area contributed by atoms with Crippen molar-refractivity contribution in [3.05, 3.63) is 59.1 Å². The molecule has 0 heterocycles. The van der Waals surface area contributed by atoms with Gasteiger partial charge in [0.25, 0.3) is 0 Å². The van der Waals surface area contributed by atoms with Gasteiger partial charge in [0.05, 0.1) is 14.2 Å². The van der Waals surface area contributed by atoms with Gasteiger partial charge in [-0.05, 0) is 60.3 Å². The molecular formula is C18H17ClN2O3S. The zero-order valence-corrected chi connectivity index (χ0v) is 15.3. The highest BCUT2D eigenvalue weighted by Crippen LogP contribution is 2.27. The van der Waals surface area contributed by atoms with Crippen LogP contribution in [0, 0.1) is 0 Å². The average Bonchev–Trinajstić information content (AvgIpc) is 2.61. The Balaban J connectivity index is 1.93. The van der Waals surface area contributed by atoms with E-state index in [4.69, 9.17) is 33.3 Å². The van der Waals surface area contributed by atoms with Crippen LogP contribution >= 0.6 is 23.8 Å². The Morgan fingerprint density at radius 1 is 1.08 bits per heavy atom. The fourth-order valence-electron chi connectivity index (χ4n) is 1.98. The molecular weight excluding hydrogens is 360 g/mol. The second-order valence-corrected chi connectivity index (χ2v) is 5.74. The van der Waals surface area contributed by atoms with Gasteiger partial charge in [-0.25, -0.2) is 0 Å². The smallest absolute Gasteiger partial charge is 0.250 e. The Kier molecular flexibility index (Phi) is 6.80. The Hall–Kier alpha value is -2.57. The van der Waals surface area contributed by atoms with Crippen LogP contribution in [-0.2, 0) is 4.79 Å². The largest absolute Gasteiger partial charge is 0.493 e. The predicted octanol–water partition coefficient (Wildman–Crippen LogP) is 3.88. The van der Waals surface area contributed by atoms with Crippen LogP contribution in [-0.4, -0.2) is 25.2 Å². The monoisotopic (exact) mass is 376 g/mol. The third-order valence-corrected chi connectivity index (χ3v) is 3.63. The Morgan fingerprint density at radius 2 is 1.76 bits per heavy atom. The lowest BCUT2D eigenvalue weighted by Gasteiger charge is -2.08. The minimum absolute atomic E-state index is 0.198. The second-order valence-electron chi connectivity index (χ2n) is 4.90. The molecule has 0 unspecified atom stereocenters. The number of anilines is 1. The summed E-state index contributed by atoms with van der Waals surface area (Å²) in [6.07, 6.45) is 3.04. The van der Waals surface area contributed by atoms with Gasteiger partial charge in [-0.1, -0.05) is 17.7 Å². The molecule has 2 aromatic rings. The van der Waals surface area contributed by atoms with Crippen molar-refractivity contribution in [3.63, 3.8) is 0 Å². The molecule has 0 radical (unpaired) electrons. The van der Waals surface area contributed by atoms with Gasteiger partial charge in [-0.15, -0.1) is 0 Å². The zero-order valence-electron chi connectivity index (χ0n) is 13.7. The van der Waals surface area contributed by atoms with Crippen LogP contribution < -0.4 is 20.1 Å². The number of rotatable bonds is 5. The minimum atomic E-state index is -0.346. The number of carbonyl (C=O) groups excluding carboxylic acids is 1. The molecule has 5 nitrogen and oxygen atoms in total. The first-order valence-electron chi connectivity index (χ1n) is 7.29. The molecule has 130 valence electrons. The molecule has 0 saturated carbocycles. The van der Waals surface area contributed by atoms with Gasteiger partial charge in [0.15, 0.2) is 16.6 Å². The van der Waals surface area contributed by atoms with Crippen LogP contribution in [0.1, 0.15) is 5.56 Å². The maximum absolute atomic E-state index is 11.9. The van der Waals surface area contributed by atoms with E-state index in [1.807, 2.05) is 6.07 Å². The van der Waals surface area contributed by atoms with Gasteiger partial charge in [-0.3, -0.25) is 10.1 Å². The van der Waals surface area contributed by atoms with Crippen molar-refractivity contribution >= 4 is 46.6 Å². The number of hydrogen-bond acceptors (Lipinski definition) is 4. The molecule has 0 bridgehead atoms. The zero-order chi connectivity index (χ0) is 18.2. The molecule has 25 heavy (non-hydrogen) atoms. The van der Waals surface area contributed by atoms with Crippen LogP contribution in [0.3, 0.4) is 0 Å². The van der Waals surface area contributed by atoms with Gasteiger partial charge in [0.2, 0.25) is 5.91 Å². The maximum Gasteiger partial charge on any atom is 0.250 e. The van der Waals surface area contributed by atoms with Gasteiger partial charge >= 0.3 is 0 Å². The van der Waals surface area contributed by atoms with Crippen molar-refractivity contribution in [1.29, 1.82) is 0 Å². The normalized spacial score (nSPS) is 10.4. The van der Waals surface area contributed by atoms with Crippen LogP contribution in [0.5, 0.6) is 11.5 Å². The van der Waals surface area contributed by atoms with Crippen LogP contribution in [0.25, 0.3) is 6.08 Å². The van der Waals surface area contributed by atoms with E-state index in [2.05, 4.69) is 10.6 Å². The highest BCUT2D eigenvalue weighted by Gasteiger charge is 2.04. The standard InChI is InChI=1S/C18H17ClN2O3S/c1-23-15-9-3-12(11-16(15)24-2)4-10-17(22)21-18(25)20-14-7-5-13(19)6-8-14/h3-11H,1-2H3,(H2,20,21,22,25). The molecule has 0 aliphatic rings. The lowest BCUT2D eigenvalue weighted by Crippen LogP contribution is -2.32. The van der Waals surface area contributed by atoms with Crippen molar-refractivity contribution < 1.29 is 14.3 Å². The fraction of sp³-hybridized carbons (Fsp3) is 0.111. The summed E-state index contributed by atoms with van der Waals surface area (Å²) >= 11 is 10.9. The number of thiocarbonyl (C=S) groups is 1. The summed E-state index contributed by atoms with van der Waals surface area (Å²) < 4.78 is 10.4. The molecule has 7 heteroatoms. The molecule has 0 aromatic heterocycles. The summed E-state index contributed by atoms with van der Waals surface area (Å²) in [6, 6.07) is 12.3. The van der Waals surface area contributed by atoms with E-state index >= 15 is 0 Å². The number of amides is 1. The molecule has 2 aromatic carbocycles. The van der Waals surface area contributed by atoms with Gasteiger partial charge < -0.3 is 14.8 Å². The summed E-state index contributed by atoms with van der Waals surface area (Å²) in [5.74, 6) is 0.865. The highest BCUT2D eigenvalue weighted by atomic mass is 35.5. The van der Waals surface area contributed by atoms with Gasteiger partial charge in [-0.2, -0.15) is 0 Å². The number of carbonyl (C=O) groups is 1. The lowest BCUT2D eigenvalue weighted by molar-refractivity contribution is -0.115. The second kappa shape index (κ2) is 9.05. The number of methoxy groups -OCH3 is 2. The van der Waals surface area contributed by atoms with Gasteiger partial charge in [0.1, 0.15) is 0 Å². The molecule has 0 atom stereocenters. The molecule has 0 fully saturated rings. The van der Waals surface area contributed by atoms with Crippen LogP contribution in [0.2, 0.25) is 5.02 Å². The first-order valence-corrected chi connectivity index (χ1v) is 8.08. The summed E-state index contributed by atoms with van der Waals surface area (Å²) in [6.45, 7) is 0. The third kappa shape index (κ3) is 5.77. The molecule has 0 aliphatic carbocycles. The first-order chi connectivity index (χ1) is 12.0. The SMILES string of the molecule is COc1ccc(C=CC(=O)NC(=S)Nc2ccc(Cl)cc2)cc1OC. The van der Waals surface area contributed by atoms with Crippen molar-refractivity contribution in [1.82, 2.24) is 5.32 Å². The van der Waals surface area contributed by atoms with E-state index in [0.29, 0.717) is 16.5 Å². The fourth-order valence-corrected chi connectivity index (χ4v) is 2.32. The summed E-state index contributed by atoms with van der Waals surface area (Å²) in [5.41, 5.74) is 1.53. The van der Waals surface area contributed by atoms with E-state index in [1.54, 1.807) is 56.7 Å². The van der Waals surface area contributed by atoms with Crippen molar-refractivity contribution in [3.8, 4) is 11.5 Å². The minimum Gasteiger partial charge on any atom is -0.493 e. The van der Waals surface area contributed by atoms with E-state index in [-0.39, 0.29) is 11.0 Å². The van der Waals surface area contributed by atoms with Crippen LogP contribution in [0.15, 0.2) is 48.5 Å². The Bertz CT molecular complexity index is 791. The van der Waals surface area contributed by atoms with E-state index in [1.165, 1.54) is 6.08 Å². The van der Waals surface area contributed by atoms with Crippen molar-refractivity contribution in [2.45, 2.75) is 0 Å². The van der Waals surface area contributed by atoms with E-state index in [9.17, 15) is 4.79 Å². The number of benzene rings is 2. The van der Waals surface area contributed by atoms with Crippen LogP contribution in [0.4, 0.5) is 5.69 Å². The number of hydrogen-bond donors (Lipinski definition) is 2. The highest BCUT2D eigenvalue weighted by molar-refractivity contribution is 7.80. The first kappa shape index (κ1) is 18.8. The lowest BCUT2D eigenvalue weighted by atomic mass is 10.2. The maximum atomic E-state index is 11.9. The van der Waals surface area contributed by atoms with Gasteiger partial charge in [0, 0.05) is 16.8 Å². The molecule has 2 rings (SSSR count). The molecule has 0 aliphatic heterocycles. The number of halogens is 1. The summed E-state index contributed by atoms with van der Waals surface area (Å²) in [4.78, 5) is 11.9. The molecule has 0 spiro atoms. The Labute approximate surface area is 156 Å². The number of ether oxygens (including phenoxy) is 2.